The quantitative estimate of drug-likeness (QED) is 0.803. The van der Waals surface area contributed by atoms with Crippen LogP contribution in [0.2, 0.25) is 0 Å². The third-order valence-corrected chi connectivity index (χ3v) is 2.25. The SMILES string of the molecule is C[C@@H](N)c1cc(F)cc(OC2CC2)c1. The van der Waals surface area contributed by atoms with Gasteiger partial charge in [0.15, 0.2) is 0 Å². The maximum atomic E-state index is 13.1. The summed E-state index contributed by atoms with van der Waals surface area (Å²) in [4.78, 5) is 0. The van der Waals surface area contributed by atoms with Crippen molar-refractivity contribution in [3.05, 3.63) is 29.6 Å². The molecule has 0 amide bonds. The first-order valence-corrected chi connectivity index (χ1v) is 4.88. The highest BCUT2D eigenvalue weighted by atomic mass is 19.1. The summed E-state index contributed by atoms with van der Waals surface area (Å²) in [7, 11) is 0. The van der Waals surface area contributed by atoms with Crippen molar-refractivity contribution in [3.8, 4) is 5.75 Å². The monoisotopic (exact) mass is 195 g/mol. The topological polar surface area (TPSA) is 35.2 Å². The van der Waals surface area contributed by atoms with Crippen LogP contribution in [0, 0.1) is 5.82 Å². The van der Waals surface area contributed by atoms with Crippen LogP contribution in [0.4, 0.5) is 4.39 Å². The molecular weight excluding hydrogens is 181 g/mol. The molecule has 0 saturated heterocycles. The molecular formula is C11H14FNO. The van der Waals surface area contributed by atoms with E-state index in [-0.39, 0.29) is 18.0 Å². The molecule has 14 heavy (non-hydrogen) atoms. The number of halogens is 1. The number of hydrogen-bond donors (Lipinski definition) is 1. The molecule has 0 aromatic heterocycles. The van der Waals surface area contributed by atoms with Crippen molar-refractivity contribution in [3.63, 3.8) is 0 Å². The molecule has 2 nitrogen and oxygen atoms in total. The third-order valence-electron chi connectivity index (χ3n) is 2.25. The maximum Gasteiger partial charge on any atom is 0.127 e. The van der Waals surface area contributed by atoms with Crippen LogP contribution in [-0.2, 0) is 0 Å². The molecule has 2 N–H and O–H groups in total. The van der Waals surface area contributed by atoms with E-state index < -0.39 is 0 Å². The van der Waals surface area contributed by atoms with Crippen LogP contribution >= 0.6 is 0 Å². The molecule has 1 aromatic carbocycles. The number of benzene rings is 1. The van der Waals surface area contributed by atoms with Crippen LogP contribution in [0.5, 0.6) is 5.75 Å². The van der Waals surface area contributed by atoms with Gasteiger partial charge in [0.25, 0.3) is 0 Å². The van der Waals surface area contributed by atoms with Gasteiger partial charge in [0.1, 0.15) is 11.6 Å². The highest BCUT2D eigenvalue weighted by Crippen LogP contribution is 2.28. The van der Waals surface area contributed by atoms with Crippen LogP contribution < -0.4 is 10.5 Å². The number of hydrogen-bond acceptors (Lipinski definition) is 2. The Labute approximate surface area is 82.9 Å². The van der Waals surface area contributed by atoms with Gasteiger partial charge in [-0.25, -0.2) is 4.39 Å². The van der Waals surface area contributed by atoms with E-state index in [1.165, 1.54) is 12.1 Å². The van der Waals surface area contributed by atoms with Crippen LogP contribution in [0.1, 0.15) is 31.4 Å². The number of nitrogens with two attached hydrogens (primary N) is 1. The molecule has 1 aliphatic rings. The second-order valence-electron chi connectivity index (χ2n) is 3.83. The lowest BCUT2D eigenvalue weighted by Crippen LogP contribution is -2.06. The van der Waals surface area contributed by atoms with Crippen molar-refractivity contribution < 1.29 is 9.13 Å². The summed E-state index contributed by atoms with van der Waals surface area (Å²) >= 11 is 0. The van der Waals surface area contributed by atoms with E-state index in [9.17, 15) is 4.39 Å². The van der Waals surface area contributed by atoms with E-state index in [2.05, 4.69) is 0 Å². The highest BCUT2D eigenvalue weighted by Gasteiger charge is 2.23. The zero-order valence-corrected chi connectivity index (χ0v) is 8.16. The molecule has 1 fully saturated rings. The van der Waals surface area contributed by atoms with Crippen molar-refractivity contribution >= 4 is 0 Å². The first kappa shape index (κ1) is 9.46. The normalized spacial score (nSPS) is 17.9. The highest BCUT2D eigenvalue weighted by molar-refractivity contribution is 5.31. The molecule has 0 spiro atoms. The molecule has 0 aliphatic heterocycles. The van der Waals surface area contributed by atoms with Gasteiger partial charge in [-0.2, -0.15) is 0 Å². The Morgan fingerprint density at radius 3 is 2.71 bits per heavy atom. The van der Waals surface area contributed by atoms with E-state index in [0.717, 1.165) is 18.4 Å². The van der Waals surface area contributed by atoms with Gasteiger partial charge in [0, 0.05) is 12.1 Å². The third kappa shape index (κ3) is 2.23. The lowest BCUT2D eigenvalue weighted by molar-refractivity contribution is 0.301. The van der Waals surface area contributed by atoms with E-state index >= 15 is 0 Å². The van der Waals surface area contributed by atoms with Gasteiger partial charge in [-0.1, -0.05) is 0 Å². The first-order chi connectivity index (χ1) is 6.65. The summed E-state index contributed by atoms with van der Waals surface area (Å²) in [6, 6.07) is 4.51. The molecule has 3 heteroatoms. The van der Waals surface area contributed by atoms with Gasteiger partial charge >= 0.3 is 0 Å². The largest absolute Gasteiger partial charge is 0.490 e. The van der Waals surface area contributed by atoms with Crippen LogP contribution in [0.3, 0.4) is 0 Å². The lowest BCUT2D eigenvalue weighted by Gasteiger charge is -2.09. The zero-order chi connectivity index (χ0) is 10.1. The summed E-state index contributed by atoms with van der Waals surface area (Å²) < 4.78 is 18.6. The molecule has 76 valence electrons. The summed E-state index contributed by atoms with van der Waals surface area (Å²) in [5.41, 5.74) is 6.45. The number of ether oxygens (including phenoxy) is 1. The van der Waals surface area contributed by atoms with Gasteiger partial charge < -0.3 is 10.5 Å². The summed E-state index contributed by atoms with van der Waals surface area (Å²) in [6.07, 6.45) is 2.44. The van der Waals surface area contributed by atoms with Crippen molar-refractivity contribution in [2.45, 2.75) is 31.9 Å². The predicted molar refractivity (Wildman–Crippen MR) is 52.7 cm³/mol. The average Bonchev–Trinajstić information content (AvgIpc) is 2.87. The zero-order valence-electron chi connectivity index (χ0n) is 8.16. The van der Waals surface area contributed by atoms with E-state index in [4.69, 9.17) is 10.5 Å². The molecule has 0 unspecified atom stereocenters. The van der Waals surface area contributed by atoms with Crippen molar-refractivity contribution in [2.75, 3.05) is 0 Å². The maximum absolute atomic E-state index is 13.1. The number of rotatable bonds is 3. The van der Waals surface area contributed by atoms with E-state index in [0.29, 0.717) is 5.75 Å². The fourth-order valence-corrected chi connectivity index (χ4v) is 1.29. The van der Waals surface area contributed by atoms with Gasteiger partial charge in [-0.05, 0) is 37.5 Å². The minimum atomic E-state index is -0.282. The van der Waals surface area contributed by atoms with Crippen LogP contribution in [0.15, 0.2) is 18.2 Å². The smallest absolute Gasteiger partial charge is 0.127 e. The Hall–Kier alpha value is -1.09. The fourth-order valence-electron chi connectivity index (χ4n) is 1.29. The second kappa shape index (κ2) is 3.58. The second-order valence-corrected chi connectivity index (χ2v) is 3.83. The first-order valence-electron chi connectivity index (χ1n) is 4.88. The Balaban J connectivity index is 2.21. The van der Waals surface area contributed by atoms with Crippen LogP contribution in [0.25, 0.3) is 0 Å². The molecule has 0 bridgehead atoms. The summed E-state index contributed by atoms with van der Waals surface area (Å²) in [5.74, 6) is 0.315. The molecule has 1 aliphatic carbocycles. The Morgan fingerprint density at radius 1 is 1.43 bits per heavy atom. The van der Waals surface area contributed by atoms with Gasteiger partial charge in [0.2, 0.25) is 0 Å². The van der Waals surface area contributed by atoms with Crippen molar-refractivity contribution in [1.82, 2.24) is 0 Å². The van der Waals surface area contributed by atoms with Crippen molar-refractivity contribution in [2.24, 2.45) is 5.73 Å². The van der Waals surface area contributed by atoms with Crippen LogP contribution in [-0.4, -0.2) is 6.10 Å². The fraction of sp³-hybridized carbons (Fsp3) is 0.455. The molecule has 0 heterocycles. The van der Waals surface area contributed by atoms with Crippen molar-refractivity contribution in [1.29, 1.82) is 0 Å². The van der Waals surface area contributed by atoms with E-state index in [1.54, 1.807) is 0 Å². The molecule has 1 saturated carbocycles. The predicted octanol–water partition coefficient (Wildman–Crippen LogP) is 2.39. The lowest BCUT2D eigenvalue weighted by atomic mass is 10.1. The Kier molecular flexibility index (Phi) is 2.42. The molecule has 0 radical (unpaired) electrons. The molecule has 2 rings (SSSR count). The molecule has 1 aromatic rings. The standard InChI is InChI=1S/C11H14FNO/c1-7(13)8-4-9(12)6-11(5-8)14-10-2-3-10/h4-7,10H,2-3,13H2,1H3/t7-/m1/s1. The van der Waals surface area contributed by atoms with E-state index in [1.807, 2.05) is 13.0 Å². The van der Waals surface area contributed by atoms with Gasteiger partial charge in [-0.15, -0.1) is 0 Å². The molecule has 1 atom stereocenters. The minimum Gasteiger partial charge on any atom is -0.490 e. The van der Waals surface area contributed by atoms with Gasteiger partial charge in [-0.3, -0.25) is 0 Å². The van der Waals surface area contributed by atoms with Gasteiger partial charge in [0.05, 0.1) is 6.10 Å². The Bertz CT molecular complexity index is 334. The Morgan fingerprint density at radius 2 is 2.14 bits per heavy atom. The minimum absolute atomic E-state index is 0.160. The average molecular weight is 195 g/mol. The summed E-state index contributed by atoms with van der Waals surface area (Å²) in [6.45, 7) is 1.83. The summed E-state index contributed by atoms with van der Waals surface area (Å²) in [5, 5.41) is 0.